The zero-order valence-corrected chi connectivity index (χ0v) is 15.3. The van der Waals surface area contributed by atoms with Gasteiger partial charge in [-0.1, -0.05) is 59.3 Å². The third-order valence-corrected chi connectivity index (χ3v) is 8.90. The van der Waals surface area contributed by atoms with E-state index in [1.165, 1.54) is 44.9 Å². The standard InChI is InChI=1S/C22H38/c1-15-9-8-14-20(15)22(2,3)21-18-12-6-4-10-16(18)17-11-5-7-13-19(17)21/h15-21H,4-14H2,1-3H3. The molecular weight excluding hydrogens is 264 g/mol. The molecule has 0 heterocycles. The van der Waals surface area contributed by atoms with Gasteiger partial charge >= 0.3 is 0 Å². The van der Waals surface area contributed by atoms with E-state index < -0.39 is 0 Å². The topological polar surface area (TPSA) is 0 Å². The Morgan fingerprint density at radius 1 is 0.591 bits per heavy atom. The molecule has 0 radical (unpaired) electrons. The molecule has 4 rings (SSSR count). The molecule has 126 valence electrons. The molecule has 0 bridgehead atoms. The van der Waals surface area contributed by atoms with Gasteiger partial charge in [0.2, 0.25) is 0 Å². The van der Waals surface area contributed by atoms with Gasteiger partial charge in [0.1, 0.15) is 0 Å². The molecule has 4 fully saturated rings. The summed E-state index contributed by atoms with van der Waals surface area (Å²) in [6, 6.07) is 0. The van der Waals surface area contributed by atoms with Crippen molar-refractivity contribution >= 4 is 0 Å². The Morgan fingerprint density at radius 3 is 1.55 bits per heavy atom. The van der Waals surface area contributed by atoms with E-state index in [1.54, 1.807) is 25.7 Å². The van der Waals surface area contributed by atoms with Gasteiger partial charge in [-0.15, -0.1) is 0 Å². The van der Waals surface area contributed by atoms with Crippen molar-refractivity contribution in [2.75, 3.05) is 0 Å². The second-order valence-electron chi connectivity index (χ2n) is 10.1. The SMILES string of the molecule is CC1CCCC1C(C)(C)C1C2CCCCC2C2CCCCC21. The van der Waals surface area contributed by atoms with Gasteiger partial charge in [0.25, 0.3) is 0 Å². The van der Waals surface area contributed by atoms with Crippen LogP contribution in [-0.2, 0) is 0 Å². The fraction of sp³-hybridized carbons (Fsp3) is 1.00. The summed E-state index contributed by atoms with van der Waals surface area (Å²) >= 11 is 0. The zero-order valence-electron chi connectivity index (χ0n) is 15.3. The van der Waals surface area contributed by atoms with E-state index in [2.05, 4.69) is 20.8 Å². The maximum atomic E-state index is 2.70. The van der Waals surface area contributed by atoms with Crippen molar-refractivity contribution in [3.05, 3.63) is 0 Å². The monoisotopic (exact) mass is 302 g/mol. The van der Waals surface area contributed by atoms with Crippen LogP contribution in [-0.4, -0.2) is 0 Å². The molecule has 4 aliphatic rings. The van der Waals surface area contributed by atoms with Crippen LogP contribution in [0.3, 0.4) is 0 Å². The van der Waals surface area contributed by atoms with Crippen LogP contribution in [0.15, 0.2) is 0 Å². The van der Waals surface area contributed by atoms with Crippen LogP contribution in [0.4, 0.5) is 0 Å². The van der Waals surface area contributed by atoms with Crippen LogP contribution >= 0.6 is 0 Å². The maximum absolute atomic E-state index is 2.70. The van der Waals surface area contributed by atoms with Crippen molar-refractivity contribution in [2.45, 2.75) is 91.4 Å². The molecule has 0 saturated heterocycles. The molecule has 0 N–H and O–H groups in total. The molecule has 4 aliphatic carbocycles. The smallest absolute Gasteiger partial charge is 0.0290 e. The minimum Gasteiger partial charge on any atom is -0.0622 e. The molecule has 0 spiro atoms. The van der Waals surface area contributed by atoms with Crippen molar-refractivity contribution in [1.82, 2.24) is 0 Å². The summed E-state index contributed by atoms with van der Waals surface area (Å²) in [5, 5.41) is 0. The average molecular weight is 303 g/mol. The van der Waals surface area contributed by atoms with Crippen LogP contribution < -0.4 is 0 Å². The van der Waals surface area contributed by atoms with Crippen LogP contribution in [0, 0.1) is 46.8 Å². The molecular formula is C22H38. The van der Waals surface area contributed by atoms with E-state index in [1.807, 2.05) is 0 Å². The molecule has 0 nitrogen and oxygen atoms in total. The van der Waals surface area contributed by atoms with E-state index in [4.69, 9.17) is 0 Å². The Balaban J connectivity index is 1.65. The summed E-state index contributed by atoms with van der Waals surface area (Å²) in [6.45, 7) is 7.96. The van der Waals surface area contributed by atoms with Gasteiger partial charge in [0.05, 0.1) is 0 Å². The first-order valence-corrected chi connectivity index (χ1v) is 10.6. The third kappa shape index (κ3) is 2.30. The fourth-order valence-corrected chi connectivity index (χ4v) is 8.25. The normalized spacial score (nSPS) is 49.0. The molecule has 0 aromatic carbocycles. The number of fused-ring (bicyclic) bond motifs is 3. The second kappa shape index (κ2) is 5.82. The lowest BCUT2D eigenvalue weighted by atomic mass is 9.58. The molecule has 22 heavy (non-hydrogen) atoms. The number of hydrogen-bond donors (Lipinski definition) is 0. The van der Waals surface area contributed by atoms with Gasteiger partial charge in [-0.2, -0.15) is 0 Å². The van der Waals surface area contributed by atoms with E-state index in [0.717, 1.165) is 41.4 Å². The highest BCUT2D eigenvalue weighted by Gasteiger charge is 2.57. The lowest BCUT2D eigenvalue weighted by molar-refractivity contribution is 0.0156. The quantitative estimate of drug-likeness (QED) is 0.533. The minimum absolute atomic E-state index is 0.604. The predicted octanol–water partition coefficient (Wildman–Crippen LogP) is 6.69. The fourth-order valence-electron chi connectivity index (χ4n) is 8.25. The predicted molar refractivity (Wildman–Crippen MR) is 94.7 cm³/mol. The Bertz CT molecular complexity index is 373. The lowest BCUT2D eigenvalue weighted by Gasteiger charge is -2.47. The Labute approximate surface area is 138 Å². The van der Waals surface area contributed by atoms with Crippen LogP contribution in [0.25, 0.3) is 0 Å². The largest absolute Gasteiger partial charge is 0.0622 e. The van der Waals surface area contributed by atoms with E-state index in [-0.39, 0.29) is 0 Å². The molecule has 6 unspecified atom stereocenters. The third-order valence-electron chi connectivity index (χ3n) is 8.90. The molecule has 0 aliphatic heterocycles. The highest BCUT2D eigenvalue weighted by Crippen LogP contribution is 2.64. The highest BCUT2D eigenvalue weighted by molar-refractivity contribution is 5.06. The maximum Gasteiger partial charge on any atom is -0.0290 e. The van der Waals surface area contributed by atoms with Crippen LogP contribution in [0.2, 0.25) is 0 Å². The Kier molecular flexibility index (Phi) is 4.10. The Morgan fingerprint density at radius 2 is 1.09 bits per heavy atom. The molecule has 0 heteroatoms. The van der Waals surface area contributed by atoms with Gasteiger partial charge < -0.3 is 0 Å². The van der Waals surface area contributed by atoms with Crippen molar-refractivity contribution in [2.24, 2.45) is 46.8 Å². The minimum atomic E-state index is 0.604. The van der Waals surface area contributed by atoms with Gasteiger partial charge in [-0.3, -0.25) is 0 Å². The second-order valence-corrected chi connectivity index (χ2v) is 10.1. The van der Waals surface area contributed by atoms with Gasteiger partial charge in [-0.05, 0) is 78.9 Å². The first-order valence-electron chi connectivity index (χ1n) is 10.6. The van der Waals surface area contributed by atoms with E-state index >= 15 is 0 Å². The summed E-state index contributed by atoms with van der Waals surface area (Å²) in [7, 11) is 0. The number of hydrogen-bond acceptors (Lipinski definition) is 0. The lowest BCUT2D eigenvalue weighted by Crippen LogP contribution is -2.40. The van der Waals surface area contributed by atoms with E-state index in [0.29, 0.717) is 5.41 Å². The Hall–Kier alpha value is 0. The van der Waals surface area contributed by atoms with Gasteiger partial charge in [0, 0.05) is 0 Å². The van der Waals surface area contributed by atoms with Crippen molar-refractivity contribution in [3.63, 3.8) is 0 Å². The van der Waals surface area contributed by atoms with Gasteiger partial charge in [0.15, 0.2) is 0 Å². The van der Waals surface area contributed by atoms with Crippen LogP contribution in [0.5, 0.6) is 0 Å². The average Bonchev–Trinajstić information content (AvgIpc) is 3.09. The molecule has 0 aromatic heterocycles. The zero-order chi connectivity index (χ0) is 15.3. The first kappa shape index (κ1) is 15.5. The van der Waals surface area contributed by atoms with Crippen molar-refractivity contribution in [3.8, 4) is 0 Å². The molecule has 0 aromatic rings. The summed E-state index contributed by atoms with van der Waals surface area (Å²) in [5.41, 5.74) is 0.604. The summed E-state index contributed by atoms with van der Waals surface area (Å²) in [6.07, 6.45) is 17.0. The molecule has 6 atom stereocenters. The van der Waals surface area contributed by atoms with Crippen LogP contribution in [0.1, 0.15) is 91.4 Å². The summed E-state index contributed by atoms with van der Waals surface area (Å²) in [4.78, 5) is 0. The molecule has 0 amide bonds. The number of rotatable bonds is 2. The van der Waals surface area contributed by atoms with Crippen molar-refractivity contribution < 1.29 is 0 Å². The van der Waals surface area contributed by atoms with Crippen molar-refractivity contribution in [1.29, 1.82) is 0 Å². The first-order chi connectivity index (χ1) is 10.6. The summed E-state index contributed by atoms with van der Waals surface area (Å²) in [5.74, 6) is 7.52. The summed E-state index contributed by atoms with van der Waals surface area (Å²) < 4.78 is 0. The molecule has 4 saturated carbocycles. The van der Waals surface area contributed by atoms with Gasteiger partial charge in [-0.25, -0.2) is 0 Å². The van der Waals surface area contributed by atoms with E-state index in [9.17, 15) is 0 Å². The highest BCUT2D eigenvalue weighted by atomic mass is 14.6.